The lowest BCUT2D eigenvalue weighted by Gasteiger charge is -2.26. The van der Waals surface area contributed by atoms with Gasteiger partial charge in [0, 0.05) is 24.1 Å². The van der Waals surface area contributed by atoms with Crippen LogP contribution in [0.15, 0.2) is 27.7 Å². The Balaban J connectivity index is 2.64. The van der Waals surface area contributed by atoms with Crippen molar-refractivity contribution in [2.24, 2.45) is 10.4 Å². The van der Waals surface area contributed by atoms with Gasteiger partial charge >= 0.3 is 0 Å². The molecule has 0 aliphatic heterocycles. The van der Waals surface area contributed by atoms with Crippen molar-refractivity contribution in [2.45, 2.75) is 72.4 Å². The molecule has 0 saturated heterocycles. The summed E-state index contributed by atoms with van der Waals surface area (Å²) in [7, 11) is 0. The molecule has 2 atom stereocenters. The Bertz CT molecular complexity index is 504. The van der Waals surface area contributed by atoms with E-state index < -0.39 is 0 Å². The van der Waals surface area contributed by atoms with Gasteiger partial charge < -0.3 is 10.4 Å². The van der Waals surface area contributed by atoms with Crippen LogP contribution < -0.4 is 5.32 Å². The van der Waals surface area contributed by atoms with Crippen LogP contribution in [0.3, 0.4) is 0 Å². The molecule has 0 radical (unpaired) electrons. The number of nitrogens with zero attached hydrogens (tertiary/aromatic N) is 1. The minimum absolute atomic E-state index is 0.0820. The molecule has 2 N–H and O–H groups in total. The van der Waals surface area contributed by atoms with Gasteiger partial charge in [0.15, 0.2) is 0 Å². The number of aliphatic hydroxyl groups is 1. The highest BCUT2D eigenvalue weighted by Gasteiger charge is 2.20. The zero-order valence-corrected chi connectivity index (χ0v) is 16.4. The molecule has 24 heavy (non-hydrogen) atoms. The van der Waals surface area contributed by atoms with Crippen molar-refractivity contribution < 1.29 is 9.90 Å². The second-order valence-electron chi connectivity index (χ2n) is 7.58. The maximum Gasteiger partial charge on any atom is 0.244 e. The van der Waals surface area contributed by atoms with Crippen molar-refractivity contribution in [3.05, 3.63) is 22.8 Å². The largest absolute Gasteiger partial charge is 0.393 e. The molecule has 1 rings (SSSR count). The Morgan fingerprint density at radius 3 is 2.62 bits per heavy atom. The number of aliphatic hydroxyl groups excluding tert-OH is 1. The van der Waals surface area contributed by atoms with Gasteiger partial charge in [0.2, 0.25) is 5.91 Å². The number of hydrogen-bond acceptors (Lipinski definition) is 4. The molecule has 4 nitrogen and oxygen atoms in total. The number of carbonyl (C=O) groups is 1. The summed E-state index contributed by atoms with van der Waals surface area (Å²) in [6, 6.07) is 0.0820. The number of thioether (sulfide) groups is 1. The molecule has 1 fully saturated rings. The highest BCUT2D eigenvalue weighted by atomic mass is 32.2. The van der Waals surface area contributed by atoms with E-state index in [1.54, 1.807) is 24.1 Å². The van der Waals surface area contributed by atoms with E-state index in [4.69, 9.17) is 0 Å². The fourth-order valence-electron chi connectivity index (χ4n) is 2.47. The maximum atomic E-state index is 12.1. The molecule has 136 valence electrons. The van der Waals surface area contributed by atoms with Gasteiger partial charge in [-0.25, -0.2) is 0 Å². The van der Waals surface area contributed by atoms with Crippen molar-refractivity contribution in [1.29, 1.82) is 0 Å². The third-order valence-corrected chi connectivity index (χ3v) is 5.41. The topological polar surface area (TPSA) is 61.7 Å². The van der Waals surface area contributed by atoms with Gasteiger partial charge in [0.05, 0.1) is 11.1 Å². The van der Waals surface area contributed by atoms with Crippen LogP contribution in [0.25, 0.3) is 0 Å². The third kappa shape index (κ3) is 8.69. The smallest absolute Gasteiger partial charge is 0.244 e. The zero-order chi connectivity index (χ0) is 18.2. The second kappa shape index (κ2) is 10.0. The Labute approximate surface area is 150 Å². The van der Waals surface area contributed by atoms with Crippen LogP contribution in [-0.2, 0) is 4.79 Å². The molecule has 1 amide bonds. The number of amides is 1. The number of nitrogens with one attached hydrogen (secondary N) is 1. The average Bonchev–Trinajstić information content (AvgIpc) is 2.48. The molecule has 1 aliphatic carbocycles. The summed E-state index contributed by atoms with van der Waals surface area (Å²) in [5, 5.41) is 13.6. The minimum atomic E-state index is -0.283. The Morgan fingerprint density at radius 2 is 2.04 bits per heavy atom. The van der Waals surface area contributed by atoms with Gasteiger partial charge in [-0.3, -0.25) is 9.79 Å². The fraction of sp³-hybridized carbons (Fsp3) is 0.684. The maximum absolute atomic E-state index is 12.1. The summed E-state index contributed by atoms with van der Waals surface area (Å²) in [6.07, 6.45) is 8.30. The number of aliphatic imine (C=N–C) groups is 1. The van der Waals surface area contributed by atoms with Crippen molar-refractivity contribution in [3.8, 4) is 0 Å². The molecule has 0 aromatic rings. The van der Waals surface area contributed by atoms with Gasteiger partial charge in [-0.1, -0.05) is 26.8 Å². The van der Waals surface area contributed by atoms with Gasteiger partial charge in [0.1, 0.15) is 0 Å². The summed E-state index contributed by atoms with van der Waals surface area (Å²) in [5.74, 6) is 0.867. The molecule has 1 saturated carbocycles. The van der Waals surface area contributed by atoms with Gasteiger partial charge in [0.25, 0.3) is 0 Å². The van der Waals surface area contributed by atoms with Crippen LogP contribution >= 0.6 is 11.8 Å². The summed E-state index contributed by atoms with van der Waals surface area (Å²) >= 11 is 1.71. The predicted octanol–water partition coefficient (Wildman–Crippen LogP) is 4.06. The monoisotopic (exact) mass is 352 g/mol. The molecule has 0 aromatic heterocycles. The van der Waals surface area contributed by atoms with Crippen molar-refractivity contribution in [1.82, 2.24) is 5.32 Å². The van der Waals surface area contributed by atoms with E-state index >= 15 is 0 Å². The SMILES string of the molecule is C\C=N/C(SCC(C)(C)C)=C(C)/C=C/C(=O)NC1CCCC(O)C1. The van der Waals surface area contributed by atoms with Gasteiger partial charge in [-0.15, -0.1) is 11.8 Å². The molecule has 0 heterocycles. The number of carbonyl (C=O) groups excluding carboxylic acids is 1. The van der Waals surface area contributed by atoms with E-state index in [1.807, 2.05) is 19.9 Å². The lowest BCUT2D eigenvalue weighted by Crippen LogP contribution is -2.38. The molecule has 0 aromatic carbocycles. The standard InChI is InChI=1S/C19H32N2O2S/c1-6-20-18(24-13-19(3,4)5)14(2)10-11-17(23)21-15-8-7-9-16(22)12-15/h6,10-11,15-16,22H,7-9,12-13H2,1-5H3,(H,21,23)/b11-10+,18-14-,20-6-. The van der Waals surface area contributed by atoms with Crippen molar-refractivity contribution in [3.63, 3.8) is 0 Å². The first-order valence-electron chi connectivity index (χ1n) is 8.70. The van der Waals surface area contributed by atoms with Gasteiger partial charge in [-0.05, 0) is 50.5 Å². The van der Waals surface area contributed by atoms with Crippen LogP contribution in [0.2, 0.25) is 0 Å². The highest BCUT2D eigenvalue weighted by molar-refractivity contribution is 8.03. The molecule has 1 aliphatic rings. The predicted molar refractivity (Wildman–Crippen MR) is 104 cm³/mol. The Morgan fingerprint density at radius 1 is 1.33 bits per heavy atom. The quantitative estimate of drug-likeness (QED) is 0.430. The molecule has 0 bridgehead atoms. The van der Waals surface area contributed by atoms with Crippen LogP contribution in [0.4, 0.5) is 0 Å². The normalized spacial score (nSPS) is 23.6. The first-order valence-corrected chi connectivity index (χ1v) is 9.69. The van der Waals surface area contributed by atoms with E-state index in [2.05, 4.69) is 31.1 Å². The molecular weight excluding hydrogens is 320 g/mol. The summed E-state index contributed by atoms with van der Waals surface area (Å²) in [5.41, 5.74) is 1.21. The number of allylic oxidation sites excluding steroid dienone is 2. The second-order valence-corrected chi connectivity index (χ2v) is 8.55. The Kier molecular flexibility index (Phi) is 8.78. The summed E-state index contributed by atoms with van der Waals surface area (Å²) in [6.45, 7) is 10.5. The highest BCUT2D eigenvalue weighted by Crippen LogP contribution is 2.29. The number of hydrogen-bond donors (Lipinski definition) is 2. The molecule has 2 unspecified atom stereocenters. The van der Waals surface area contributed by atoms with Crippen LogP contribution in [0.5, 0.6) is 0 Å². The van der Waals surface area contributed by atoms with Crippen molar-refractivity contribution in [2.75, 3.05) is 5.75 Å². The lowest BCUT2D eigenvalue weighted by molar-refractivity contribution is -0.117. The van der Waals surface area contributed by atoms with Crippen LogP contribution in [-0.4, -0.2) is 35.1 Å². The zero-order valence-electron chi connectivity index (χ0n) is 15.6. The van der Waals surface area contributed by atoms with Crippen LogP contribution in [0, 0.1) is 5.41 Å². The average molecular weight is 353 g/mol. The third-order valence-electron chi connectivity index (χ3n) is 3.70. The van der Waals surface area contributed by atoms with E-state index in [1.165, 1.54) is 0 Å². The summed E-state index contributed by atoms with van der Waals surface area (Å²) in [4.78, 5) is 16.5. The van der Waals surface area contributed by atoms with E-state index in [9.17, 15) is 9.90 Å². The fourth-order valence-corrected chi connectivity index (χ4v) is 3.52. The first-order chi connectivity index (χ1) is 11.2. The van der Waals surface area contributed by atoms with E-state index in [-0.39, 0.29) is 23.5 Å². The number of rotatable bonds is 6. The Hall–Kier alpha value is -1.07. The molecule has 5 heteroatoms. The summed E-state index contributed by atoms with van der Waals surface area (Å²) < 4.78 is 0. The molecule has 0 spiro atoms. The van der Waals surface area contributed by atoms with Crippen molar-refractivity contribution >= 4 is 23.9 Å². The minimum Gasteiger partial charge on any atom is -0.393 e. The van der Waals surface area contributed by atoms with Gasteiger partial charge in [-0.2, -0.15) is 0 Å². The molecular formula is C19H32N2O2S. The van der Waals surface area contributed by atoms with Crippen LogP contribution in [0.1, 0.15) is 60.3 Å². The van der Waals surface area contributed by atoms with E-state index in [0.717, 1.165) is 35.6 Å². The van der Waals surface area contributed by atoms with E-state index in [0.29, 0.717) is 6.42 Å². The lowest BCUT2D eigenvalue weighted by atomic mass is 9.93. The first kappa shape index (κ1) is 21.0.